The van der Waals surface area contributed by atoms with E-state index in [0.717, 1.165) is 27.5 Å². The third kappa shape index (κ3) is 2.99. The fourth-order valence-corrected chi connectivity index (χ4v) is 3.07. The Morgan fingerprint density at radius 1 is 1.23 bits per heavy atom. The lowest BCUT2D eigenvalue weighted by Crippen LogP contribution is -2.15. The Labute approximate surface area is 132 Å². The first-order valence-electron chi connectivity index (χ1n) is 6.92. The molecule has 2 aromatic heterocycles. The largest absolute Gasteiger partial charge is 0.497 e. The van der Waals surface area contributed by atoms with Gasteiger partial charge in [0.2, 0.25) is 0 Å². The topological polar surface area (TPSA) is 43.6 Å². The summed E-state index contributed by atoms with van der Waals surface area (Å²) >= 11 is 1.64. The van der Waals surface area contributed by atoms with Crippen LogP contribution in [0.3, 0.4) is 0 Å². The molecule has 0 aliphatic rings. The van der Waals surface area contributed by atoms with Crippen LogP contribution in [0.15, 0.2) is 58.4 Å². The van der Waals surface area contributed by atoms with E-state index in [1.165, 1.54) is 0 Å². The predicted octanol–water partition coefficient (Wildman–Crippen LogP) is 3.30. The minimum atomic E-state index is -0.0463. The molecule has 112 valence electrons. The van der Waals surface area contributed by atoms with Gasteiger partial charge >= 0.3 is 0 Å². The number of hydrogen-bond acceptors (Lipinski definition) is 4. The molecule has 0 unspecified atom stereocenters. The van der Waals surface area contributed by atoms with Gasteiger partial charge in [0.25, 0.3) is 5.56 Å². The number of pyridine rings is 1. The van der Waals surface area contributed by atoms with E-state index in [0.29, 0.717) is 5.75 Å². The average molecular weight is 312 g/mol. The third-order valence-corrected chi connectivity index (χ3v) is 4.39. The lowest BCUT2D eigenvalue weighted by Gasteiger charge is -2.07. The molecule has 0 bridgehead atoms. The molecule has 0 saturated carbocycles. The average Bonchev–Trinajstić information content (AvgIpc) is 2.54. The van der Waals surface area contributed by atoms with Crippen LogP contribution in [0.25, 0.3) is 5.65 Å². The number of rotatable bonds is 4. The van der Waals surface area contributed by atoms with Gasteiger partial charge in [0.1, 0.15) is 11.4 Å². The molecule has 0 spiro atoms. The Morgan fingerprint density at radius 3 is 2.91 bits per heavy atom. The monoisotopic (exact) mass is 312 g/mol. The molecule has 0 radical (unpaired) electrons. The van der Waals surface area contributed by atoms with E-state index in [2.05, 4.69) is 4.98 Å². The van der Waals surface area contributed by atoms with Gasteiger partial charge in [-0.1, -0.05) is 12.1 Å². The standard InChI is InChI=1S/C17H16N2O2S/c1-12-5-4-8-19-16(20)9-13(18-17(12)19)11-22-15-7-3-6-14(10-15)21-2/h3-10H,11H2,1-2H3. The lowest BCUT2D eigenvalue weighted by molar-refractivity contribution is 0.413. The number of ether oxygens (including phenoxy) is 1. The number of nitrogens with zero attached hydrogens (tertiary/aromatic N) is 2. The van der Waals surface area contributed by atoms with Crippen LogP contribution >= 0.6 is 11.8 Å². The second-order valence-corrected chi connectivity index (χ2v) is 5.99. The lowest BCUT2D eigenvalue weighted by atomic mass is 10.3. The van der Waals surface area contributed by atoms with Crippen LogP contribution in [-0.4, -0.2) is 16.5 Å². The van der Waals surface area contributed by atoms with Crippen molar-refractivity contribution in [1.29, 1.82) is 0 Å². The number of methoxy groups -OCH3 is 1. The first kappa shape index (κ1) is 14.7. The van der Waals surface area contributed by atoms with Gasteiger partial charge in [0.05, 0.1) is 12.8 Å². The van der Waals surface area contributed by atoms with E-state index in [9.17, 15) is 4.79 Å². The Bertz CT molecular complexity index is 874. The molecule has 0 saturated heterocycles. The molecule has 0 fully saturated rings. The summed E-state index contributed by atoms with van der Waals surface area (Å²) in [6.45, 7) is 1.96. The summed E-state index contributed by atoms with van der Waals surface area (Å²) < 4.78 is 6.80. The van der Waals surface area contributed by atoms with E-state index in [-0.39, 0.29) is 5.56 Å². The van der Waals surface area contributed by atoms with E-state index < -0.39 is 0 Å². The fourth-order valence-electron chi connectivity index (χ4n) is 2.23. The van der Waals surface area contributed by atoms with E-state index in [1.807, 2.05) is 43.3 Å². The number of aryl methyl sites for hydroxylation is 1. The van der Waals surface area contributed by atoms with Gasteiger partial charge in [-0.05, 0) is 36.8 Å². The number of aromatic nitrogens is 2. The zero-order valence-corrected chi connectivity index (χ0v) is 13.3. The highest BCUT2D eigenvalue weighted by Gasteiger charge is 2.05. The molecule has 5 heteroatoms. The third-order valence-electron chi connectivity index (χ3n) is 3.37. The van der Waals surface area contributed by atoms with Gasteiger partial charge in [-0.2, -0.15) is 0 Å². The molecule has 0 amide bonds. The van der Waals surface area contributed by atoms with Crippen molar-refractivity contribution in [3.63, 3.8) is 0 Å². The second kappa shape index (κ2) is 6.23. The van der Waals surface area contributed by atoms with Crippen molar-refractivity contribution in [3.8, 4) is 5.75 Å². The van der Waals surface area contributed by atoms with Crippen molar-refractivity contribution in [3.05, 3.63) is 70.3 Å². The van der Waals surface area contributed by atoms with Crippen molar-refractivity contribution in [1.82, 2.24) is 9.38 Å². The zero-order valence-electron chi connectivity index (χ0n) is 12.4. The zero-order chi connectivity index (χ0) is 15.5. The maximum absolute atomic E-state index is 12.2. The Balaban J connectivity index is 1.88. The van der Waals surface area contributed by atoms with Crippen molar-refractivity contribution in [2.45, 2.75) is 17.6 Å². The van der Waals surface area contributed by atoms with Crippen molar-refractivity contribution in [2.24, 2.45) is 0 Å². The molecule has 0 N–H and O–H groups in total. The minimum absolute atomic E-state index is 0.0463. The minimum Gasteiger partial charge on any atom is -0.497 e. The first-order valence-corrected chi connectivity index (χ1v) is 7.91. The Kier molecular flexibility index (Phi) is 4.15. The summed E-state index contributed by atoms with van der Waals surface area (Å²) in [6, 6.07) is 13.3. The predicted molar refractivity (Wildman–Crippen MR) is 88.8 cm³/mol. The van der Waals surface area contributed by atoms with Gasteiger partial charge in [-0.25, -0.2) is 4.98 Å². The molecule has 0 atom stereocenters. The van der Waals surface area contributed by atoms with Crippen LogP contribution in [0.5, 0.6) is 5.75 Å². The van der Waals surface area contributed by atoms with E-state index in [4.69, 9.17) is 4.74 Å². The highest BCUT2D eigenvalue weighted by Crippen LogP contribution is 2.25. The quantitative estimate of drug-likeness (QED) is 0.693. The van der Waals surface area contributed by atoms with Crippen LogP contribution in [-0.2, 0) is 5.75 Å². The van der Waals surface area contributed by atoms with Crippen LogP contribution in [0, 0.1) is 6.92 Å². The van der Waals surface area contributed by atoms with Gasteiger partial charge in [0, 0.05) is 22.9 Å². The van der Waals surface area contributed by atoms with Crippen molar-refractivity contribution < 1.29 is 4.74 Å². The summed E-state index contributed by atoms with van der Waals surface area (Å²) in [5.74, 6) is 1.47. The highest BCUT2D eigenvalue weighted by molar-refractivity contribution is 7.98. The van der Waals surface area contributed by atoms with Crippen LogP contribution in [0.1, 0.15) is 11.3 Å². The van der Waals surface area contributed by atoms with Crippen LogP contribution < -0.4 is 10.3 Å². The second-order valence-electron chi connectivity index (χ2n) is 4.94. The highest BCUT2D eigenvalue weighted by atomic mass is 32.2. The summed E-state index contributed by atoms with van der Waals surface area (Å²) in [6.07, 6.45) is 1.75. The van der Waals surface area contributed by atoms with Crippen LogP contribution in [0.4, 0.5) is 0 Å². The molecule has 3 rings (SSSR count). The van der Waals surface area contributed by atoms with Crippen LogP contribution in [0.2, 0.25) is 0 Å². The number of hydrogen-bond donors (Lipinski definition) is 0. The number of benzene rings is 1. The molecular formula is C17H16N2O2S. The van der Waals surface area contributed by atoms with Gasteiger partial charge < -0.3 is 4.74 Å². The summed E-state index contributed by atoms with van der Waals surface area (Å²) in [7, 11) is 1.65. The molecule has 0 aliphatic heterocycles. The van der Waals surface area contributed by atoms with Crippen molar-refractivity contribution >= 4 is 17.4 Å². The van der Waals surface area contributed by atoms with E-state index in [1.54, 1.807) is 35.5 Å². The Morgan fingerprint density at radius 2 is 2.09 bits per heavy atom. The molecule has 0 aliphatic carbocycles. The van der Waals surface area contributed by atoms with Gasteiger partial charge in [-0.3, -0.25) is 9.20 Å². The Hall–Kier alpha value is -2.27. The molecule has 1 aromatic carbocycles. The SMILES string of the molecule is COc1cccc(SCc2cc(=O)n3cccc(C)c3n2)c1. The fraction of sp³-hybridized carbons (Fsp3) is 0.176. The number of fused-ring (bicyclic) bond motifs is 1. The molecule has 4 nitrogen and oxygen atoms in total. The molecule has 2 heterocycles. The molecule has 3 aromatic rings. The van der Waals surface area contributed by atoms with Gasteiger partial charge in [-0.15, -0.1) is 11.8 Å². The smallest absolute Gasteiger partial charge is 0.258 e. The first-order chi connectivity index (χ1) is 10.7. The maximum Gasteiger partial charge on any atom is 0.258 e. The summed E-state index contributed by atoms with van der Waals surface area (Å²) in [4.78, 5) is 17.9. The molecule has 22 heavy (non-hydrogen) atoms. The summed E-state index contributed by atoms with van der Waals surface area (Å²) in [5, 5.41) is 0. The van der Waals surface area contributed by atoms with Crippen molar-refractivity contribution in [2.75, 3.05) is 7.11 Å². The van der Waals surface area contributed by atoms with Gasteiger partial charge in [0.15, 0.2) is 0 Å². The normalized spacial score (nSPS) is 10.8. The maximum atomic E-state index is 12.2. The summed E-state index contributed by atoms with van der Waals surface area (Å²) in [5.41, 5.74) is 2.45. The number of thioether (sulfide) groups is 1. The van der Waals surface area contributed by atoms with E-state index >= 15 is 0 Å². The molecular weight excluding hydrogens is 296 g/mol.